The van der Waals surface area contributed by atoms with Crippen LogP contribution in [0.2, 0.25) is 0 Å². The zero-order chi connectivity index (χ0) is 17.3. The fraction of sp³-hybridized carbons (Fsp3) is 0.867. The second-order valence-corrected chi connectivity index (χ2v) is 8.36. The molecule has 0 saturated carbocycles. The summed E-state index contributed by atoms with van der Waals surface area (Å²) >= 11 is 0. The molecule has 1 aliphatic heterocycles. The third-order valence-electron chi connectivity index (χ3n) is 3.73. The van der Waals surface area contributed by atoms with E-state index in [-0.39, 0.29) is 48.2 Å². The summed E-state index contributed by atoms with van der Waals surface area (Å²) in [6.07, 6.45) is 5.06. The summed E-state index contributed by atoms with van der Waals surface area (Å²) in [5.41, 5.74) is 0. The number of guanidine groups is 1. The van der Waals surface area contributed by atoms with E-state index in [1.807, 2.05) is 18.7 Å². The highest BCUT2D eigenvalue weighted by molar-refractivity contribution is 14.0. The van der Waals surface area contributed by atoms with E-state index < -0.39 is 9.84 Å². The Balaban J connectivity index is 0.00000529. The van der Waals surface area contributed by atoms with Crippen LogP contribution in [0, 0.1) is 0 Å². The van der Waals surface area contributed by atoms with Crippen molar-refractivity contribution >= 4 is 45.7 Å². The van der Waals surface area contributed by atoms with Crippen LogP contribution in [0.15, 0.2) is 4.99 Å². The zero-order valence-corrected chi connectivity index (χ0v) is 18.0. The number of nitrogens with one attached hydrogen (secondary N) is 2. The summed E-state index contributed by atoms with van der Waals surface area (Å²) in [6.45, 7) is 6.30. The Morgan fingerprint density at radius 3 is 2.42 bits per heavy atom. The van der Waals surface area contributed by atoms with Crippen molar-refractivity contribution in [3.05, 3.63) is 0 Å². The summed E-state index contributed by atoms with van der Waals surface area (Å²) in [7, 11) is -2.97. The van der Waals surface area contributed by atoms with Gasteiger partial charge in [-0.25, -0.2) is 13.4 Å². The molecule has 1 aliphatic rings. The second-order valence-electron chi connectivity index (χ2n) is 6.10. The molecule has 2 N–H and O–H groups in total. The van der Waals surface area contributed by atoms with Crippen molar-refractivity contribution in [1.29, 1.82) is 0 Å². The maximum atomic E-state index is 12.1. The molecule has 0 bridgehead atoms. The van der Waals surface area contributed by atoms with Gasteiger partial charge in [0.25, 0.3) is 0 Å². The first-order valence-corrected chi connectivity index (χ1v) is 10.4. The van der Waals surface area contributed by atoms with Crippen molar-refractivity contribution in [3.8, 4) is 0 Å². The molecule has 0 aromatic rings. The molecule has 24 heavy (non-hydrogen) atoms. The predicted octanol–water partition coefficient (Wildman–Crippen LogP) is 0.995. The third-order valence-corrected chi connectivity index (χ3v) is 4.71. The van der Waals surface area contributed by atoms with Crippen LogP contribution in [-0.2, 0) is 14.6 Å². The highest BCUT2D eigenvalue weighted by Gasteiger charge is 2.16. The molecular weight excluding hydrogens is 443 g/mol. The summed E-state index contributed by atoms with van der Waals surface area (Å²) in [6, 6.07) is -0.0346. The minimum absolute atomic E-state index is 0. The SMILES string of the molecule is CCNC(=NCC(=O)N1CCCCC1)NC(C)CCS(C)(=O)=O.I. The van der Waals surface area contributed by atoms with Gasteiger partial charge in [-0.1, -0.05) is 0 Å². The number of carbonyl (C=O) groups is 1. The van der Waals surface area contributed by atoms with E-state index >= 15 is 0 Å². The molecule has 1 amide bonds. The van der Waals surface area contributed by atoms with Gasteiger partial charge in [-0.2, -0.15) is 0 Å². The van der Waals surface area contributed by atoms with Crippen molar-refractivity contribution in [1.82, 2.24) is 15.5 Å². The first-order valence-electron chi connectivity index (χ1n) is 8.32. The first-order chi connectivity index (χ1) is 10.8. The molecule has 9 heteroatoms. The lowest BCUT2D eigenvalue weighted by molar-refractivity contribution is -0.130. The summed E-state index contributed by atoms with van der Waals surface area (Å²) < 4.78 is 22.4. The minimum atomic E-state index is -2.97. The lowest BCUT2D eigenvalue weighted by atomic mass is 10.1. The Bertz CT molecular complexity index is 505. The molecule has 142 valence electrons. The zero-order valence-electron chi connectivity index (χ0n) is 14.9. The molecule has 7 nitrogen and oxygen atoms in total. The number of piperidine rings is 1. The summed E-state index contributed by atoms with van der Waals surface area (Å²) in [5, 5.41) is 6.24. The van der Waals surface area contributed by atoms with Crippen molar-refractivity contribution in [2.45, 2.75) is 45.6 Å². The van der Waals surface area contributed by atoms with E-state index in [1.165, 1.54) is 12.7 Å². The maximum Gasteiger partial charge on any atom is 0.244 e. The van der Waals surface area contributed by atoms with Gasteiger partial charge in [0.2, 0.25) is 5.91 Å². The Morgan fingerprint density at radius 2 is 1.88 bits per heavy atom. The molecule has 1 atom stereocenters. The average molecular weight is 474 g/mol. The highest BCUT2D eigenvalue weighted by atomic mass is 127. The number of aliphatic imine (C=N–C) groups is 1. The smallest absolute Gasteiger partial charge is 0.244 e. The van der Waals surface area contributed by atoms with Crippen molar-refractivity contribution < 1.29 is 13.2 Å². The topological polar surface area (TPSA) is 90.9 Å². The van der Waals surface area contributed by atoms with Crippen LogP contribution in [0.25, 0.3) is 0 Å². The maximum absolute atomic E-state index is 12.1. The van der Waals surface area contributed by atoms with Gasteiger partial charge in [-0.15, -0.1) is 24.0 Å². The monoisotopic (exact) mass is 474 g/mol. The third kappa shape index (κ3) is 10.3. The molecule has 1 heterocycles. The van der Waals surface area contributed by atoms with Gasteiger partial charge in [0.15, 0.2) is 5.96 Å². The van der Waals surface area contributed by atoms with Gasteiger partial charge in [-0.05, 0) is 39.5 Å². The molecule has 0 aromatic heterocycles. The number of carbonyl (C=O) groups excluding carboxylic acids is 1. The van der Waals surface area contributed by atoms with Crippen LogP contribution < -0.4 is 10.6 Å². The van der Waals surface area contributed by atoms with Gasteiger partial charge in [-0.3, -0.25) is 4.79 Å². The Labute approximate surface area is 163 Å². The van der Waals surface area contributed by atoms with Gasteiger partial charge < -0.3 is 15.5 Å². The largest absolute Gasteiger partial charge is 0.357 e. The number of sulfone groups is 1. The van der Waals surface area contributed by atoms with Crippen molar-refractivity contribution in [2.24, 2.45) is 4.99 Å². The van der Waals surface area contributed by atoms with Gasteiger partial charge in [0.1, 0.15) is 16.4 Å². The predicted molar refractivity (Wildman–Crippen MR) is 109 cm³/mol. The van der Waals surface area contributed by atoms with Crippen LogP contribution in [0.3, 0.4) is 0 Å². The quantitative estimate of drug-likeness (QED) is 0.327. The van der Waals surface area contributed by atoms with Crippen LogP contribution in [0.1, 0.15) is 39.5 Å². The van der Waals surface area contributed by atoms with Gasteiger partial charge >= 0.3 is 0 Å². The summed E-state index contributed by atoms with van der Waals surface area (Å²) in [4.78, 5) is 18.3. The average Bonchev–Trinajstić information content (AvgIpc) is 2.51. The number of amides is 1. The second kappa shape index (κ2) is 11.9. The van der Waals surface area contributed by atoms with Crippen molar-refractivity contribution in [3.63, 3.8) is 0 Å². The standard InChI is InChI=1S/C15H30N4O3S.HI/c1-4-16-15(18-13(2)8-11-23(3,21)22)17-12-14(20)19-9-6-5-7-10-19;/h13H,4-12H2,1-3H3,(H2,16,17,18);1H. The van der Waals surface area contributed by atoms with Gasteiger partial charge in [0, 0.05) is 31.9 Å². The molecule has 0 spiro atoms. The molecule has 0 aliphatic carbocycles. The Morgan fingerprint density at radius 1 is 1.25 bits per heavy atom. The Kier molecular flexibility index (Phi) is 11.6. The van der Waals surface area contributed by atoms with Crippen LogP contribution in [0.5, 0.6) is 0 Å². The van der Waals surface area contributed by atoms with Crippen LogP contribution >= 0.6 is 24.0 Å². The van der Waals surface area contributed by atoms with Crippen molar-refractivity contribution in [2.75, 3.05) is 38.2 Å². The minimum Gasteiger partial charge on any atom is -0.357 e. The van der Waals surface area contributed by atoms with E-state index in [0.717, 1.165) is 25.9 Å². The number of rotatable bonds is 7. The number of hydrogen-bond donors (Lipinski definition) is 2. The molecule has 1 fully saturated rings. The molecule has 0 radical (unpaired) electrons. The van der Waals surface area contributed by atoms with E-state index in [1.54, 1.807) is 0 Å². The lowest BCUT2D eigenvalue weighted by Gasteiger charge is -2.26. The number of nitrogens with zero attached hydrogens (tertiary/aromatic N) is 2. The molecule has 1 rings (SSSR count). The van der Waals surface area contributed by atoms with E-state index in [0.29, 0.717) is 18.9 Å². The van der Waals surface area contributed by atoms with E-state index in [4.69, 9.17) is 0 Å². The van der Waals surface area contributed by atoms with E-state index in [2.05, 4.69) is 15.6 Å². The fourth-order valence-electron chi connectivity index (χ4n) is 2.41. The van der Waals surface area contributed by atoms with E-state index in [9.17, 15) is 13.2 Å². The van der Waals surface area contributed by atoms with Crippen LogP contribution in [-0.4, -0.2) is 69.4 Å². The number of likely N-dealkylation sites (tertiary alicyclic amines) is 1. The normalized spacial score (nSPS) is 17.0. The molecular formula is C15H31IN4O3S. The first kappa shape index (κ1) is 23.4. The summed E-state index contributed by atoms with van der Waals surface area (Å²) in [5.74, 6) is 0.734. The number of hydrogen-bond acceptors (Lipinski definition) is 4. The molecule has 1 saturated heterocycles. The molecule has 1 unspecified atom stereocenters. The van der Waals surface area contributed by atoms with Crippen LogP contribution in [0.4, 0.5) is 0 Å². The Hall–Kier alpha value is -0.580. The number of halogens is 1. The highest BCUT2D eigenvalue weighted by Crippen LogP contribution is 2.08. The van der Waals surface area contributed by atoms with Gasteiger partial charge in [0.05, 0.1) is 5.75 Å². The molecule has 0 aromatic carbocycles. The lowest BCUT2D eigenvalue weighted by Crippen LogP contribution is -2.44. The fourth-order valence-corrected chi connectivity index (χ4v) is 3.19.